The van der Waals surface area contributed by atoms with Gasteiger partial charge in [-0.15, -0.1) is 16.7 Å². The predicted octanol–water partition coefficient (Wildman–Crippen LogP) is 2.34. The molecule has 4 aromatic rings. The van der Waals surface area contributed by atoms with E-state index in [-0.39, 0.29) is 48.7 Å². The molecule has 4 N–H and O–H groups in total. The molecule has 1 saturated heterocycles. The standard InChI is InChI=1S/C38H46N10O9S2/c1-6-56-44-27(30-42-36(59-45-30)43-37(53)57-38(2,3)4)32(50)41-28-33(51)48-29(35(52)55-20-23-10-12-25(54-5)13-11-23)24(21-58-34(28)48)19-47-22-46(17-8-14-39-16-18-49)26-9-7-15-40-31(26)47/h7,9-13,15,22,28,34,39,49H,6,8,14,16-21H2,1-5H3,(H-,41,42,43,45,50,53)/p+1/b44-27-. The third kappa shape index (κ3) is 10.5. The number of fused-ring (bicyclic) bond motifs is 2. The number of hydrogen-bond donors (Lipinski definition) is 4. The smallest absolute Gasteiger partial charge is 0.414 e. The van der Waals surface area contributed by atoms with E-state index in [1.165, 1.54) is 16.7 Å². The van der Waals surface area contributed by atoms with Gasteiger partial charge in [-0.1, -0.05) is 17.3 Å². The van der Waals surface area contributed by atoms with Gasteiger partial charge >= 0.3 is 17.7 Å². The minimum absolute atomic E-state index is 0.0550. The number of hydrogen-bond acceptors (Lipinski definition) is 16. The first kappa shape index (κ1) is 43.0. The van der Waals surface area contributed by atoms with Crippen LogP contribution in [-0.2, 0) is 48.4 Å². The van der Waals surface area contributed by atoms with E-state index in [1.807, 2.05) is 23.0 Å². The van der Waals surface area contributed by atoms with Gasteiger partial charge in [-0.05, 0) is 70.5 Å². The molecule has 19 nitrogen and oxygen atoms in total. The Morgan fingerprint density at radius 2 is 1.93 bits per heavy atom. The van der Waals surface area contributed by atoms with Crippen LogP contribution >= 0.6 is 23.3 Å². The topological polar surface area (TPSA) is 225 Å². The summed E-state index contributed by atoms with van der Waals surface area (Å²) in [4.78, 5) is 69.6. The number of methoxy groups -OCH3 is 1. The highest BCUT2D eigenvalue weighted by Crippen LogP contribution is 2.41. The monoisotopic (exact) mass is 851 g/mol. The second-order valence-electron chi connectivity index (χ2n) is 14.3. The molecule has 21 heteroatoms. The number of imidazole rings is 1. The first-order valence-corrected chi connectivity index (χ1v) is 20.7. The zero-order chi connectivity index (χ0) is 42.1. The highest BCUT2D eigenvalue weighted by atomic mass is 32.2. The Bertz CT molecular complexity index is 2220. The highest BCUT2D eigenvalue weighted by Gasteiger charge is 2.55. The summed E-state index contributed by atoms with van der Waals surface area (Å²) in [6.45, 7) is 9.10. The van der Waals surface area contributed by atoms with E-state index < -0.39 is 40.9 Å². The molecule has 3 aromatic heterocycles. The molecular formula is C38H47N10O9S2+. The lowest BCUT2D eigenvalue weighted by Gasteiger charge is -2.49. The van der Waals surface area contributed by atoms with E-state index in [1.54, 1.807) is 65.3 Å². The molecular weight excluding hydrogens is 805 g/mol. The average molecular weight is 852 g/mol. The molecule has 1 aromatic carbocycles. The van der Waals surface area contributed by atoms with E-state index in [9.17, 15) is 19.2 Å². The Balaban J connectivity index is 1.24. The van der Waals surface area contributed by atoms with Gasteiger partial charge in [0, 0.05) is 29.4 Å². The van der Waals surface area contributed by atoms with Crippen molar-refractivity contribution in [2.24, 2.45) is 5.16 Å². The Labute approximate surface area is 348 Å². The first-order valence-electron chi connectivity index (χ1n) is 18.9. The number of thioether (sulfide) groups is 1. The number of β-lactam (4-membered cyclic amide) rings is 1. The van der Waals surface area contributed by atoms with Crippen molar-refractivity contribution in [3.05, 3.63) is 71.6 Å². The summed E-state index contributed by atoms with van der Waals surface area (Å²) in [5, 5.41) is 20.8. The molecule has 5 heterocycles. The molecule has 0 spiro atoms. The quantitative estimate of drug-likeness (QED) is 0.0282. The Morgan fingerprint density at radius 3 is 2.66 bits per heavy atom. The van der Waals surface area contributed by atoms with Gasteiger partial charge in [-0.2, -0.15) is 9.36 Å². The molecule has 0 radical (unpaired) electrons. The molecule has 3 amide bonds. The summed E-state index contributed by atoms with van der Waals surface area (Å²) in [5.74, 6) is -1.17. The number of carbonyl (C=O) groups is 4. The van der Waals surface area contributed by atoms with E-state index >= 15 is 0 Å². The number of aryl methyl sites for hydroxylation is 1. The first-order chi connectivity index (χ1) is 28.4. The molecule has 2 atom stereocenters. The second kappa shape index (κ2) is 19.4. The second-order valence-corrected chi connectivity index (χ2v) is 16.1. The van der Waals surface area contributed by atoms with Gasteiger partial charge in [0.25, 0.3) is 11.8 Å². The third-order valence-electron chi connectivity index (χ3n) is 8.83. The minimum Gasteiger partial charge on any atom is -0.497 e. The molecule has 0 aliphatic carbocycles. The van der Waals surface area contributed by atoms with Gasteiger partial charge < -0.3 is 34.8 Å². The Kier molecular flexibility index (Phi) is 14.1. The van der Waals surface area contributed by atoms with Crippen LogP contribution in [0.4, 0.5) is 9.93 Å². The van der Waals surface area contributed by atoms with Crippen molar-refractivity contribution in [1.29, 1.82) is 0 Å². The number of aliphatic hydroxyl groups excluding tert-OH is 1. The number of pyridine rings is 1. The maximum absolute atomic E-state index is 14.1. The molecule has 2 aliphatic heterocycles. The molecule has 0 saturated carbocycles. The number of aromatic nitrogens is 5. The maximum Gasteiger partial charge on any atom is 0.414 e. The molecule has 1 fully saturated rings. The molecule has 314 valence electrons. The van der Waals surface area contributed by atoms with Gasteiger partial charge in [-0.25, -0.2) is 14.2 Å². The Hall–Kier alpha value is -5.64. The van der Waals surface area contributed by atoms with Crippen molar-refractivity contribution in [1.82, 2.24) is 34.4 Å². The van der Waals surface area contributed by atoms with Gasteiger partial charge in [0.15, 0.2) is 11.8 Å². The van der Waals surface area contributed by atoms with Crippen LogP contribution in [0.15, 0.2) is 65.3 Å². The van der Waals surface area contributed by atoms with Crippen molar-refractivity contribution in [2.75, 3.05) is 44.5 Å². The van der Waals surface area contributed by atoms with Crippen LogP contribution in [0.3, 0.4) is 0 Å². The van der Waals surface area contributed by atoms with E-state index in [0.717, 1.165) is 29.0 Å². The zero-order valence-corrected chi connectivity index (χ0v) is 34.9. The van der Waals surface area contributed by atoms with Gasteiger partial charge in [0.1, 0.15) is 47.9 Å². The largest absolute Gasteiger partial charge is 0.497 e. The molecule has 0 bridgehead atoms. The molecule has 2 unspecified atom stereocenters. The lowest BCUT2D eigenvalue weighted by atomic mass is 10.0. The number of benzene rings is 1. The maximum atomic E-state index is 14.1. The van der Waals surface area contributed by atoms with Crippen LogP contribution < -0.4 is 25.3 Å². The van der Waals surface area contributed by atoms with Gasteiger partial charge in [0.05, 0.1) is 26.8 Å². The summed E-state index contributed by atoms with van der Waals surface area (Å²) < 4.78 is 24.5. The minimum atomic E-state index is -1.04. The molecule has 6 rings (SSSR count). The number of carbonyl (C=O) groups excluding carboxylic acids is 4. The zero-order valence-electron chi connectivity index (χ0n) is 33.3. The van der Waals surface area contributed by atoms with E-state index in [2.05, 4.69) is 40.0 Å². The summed E-state index contributed by atoms with van der Waals surface area (Å²) >= 11 is 2.19. The van der Waals surface area contributed by atoms with E-state index in [0.29, 0.717) is 42.4 Å². The fourth-order valence-electron chi connectivity index (χ4n) is 6.21. The molecule has 59 heavy (non-hydrogen) atoms. The van der Waals surface area contributed by atoms with Crippen LogP contribution in [0.2, 0.25) is 0 Å². The summed E-state index contributed by atoms with van der Waals surface area (Å²) in [7, 11) is 1.56. The lowest BCUT2D eigenvalue weighted by Crippen LogP contribution is -2.71. The molecule has 2 aliphatic rings. The van der Waals surface area contributed by atoms with Crippen LogP contribution in [0.5, 0.6) is 5.75 Å². The number of oxime groups is 1. The number of nitrogens with one attached hydrogen (secondary N) is 3. The van der Waals surface area contributed by atoms with Gasteiger partial charge in [0.2, 0.25) is 16.7 Å². The summed E-state index contributed by atoms with van der Waals surface area (Å²) in [6, 6.07) is 9.88. The van der Waals surface area contributed by atoms with E-state index in [4.69, 9.17) is 24.2 Å². The van der Waals surface area contributed by atoms with Crippen LogP contribution in [0.1, 0.15) is 45.5 Å². The van der Waals surface area contributed by atoms with Crippen LogP contribution in [0, 0.1) is 0 Å². The Morgan fingerprint density at radius 1 is 1.14 bits per heavy atom. The van der Waals surface area contributed by atoms with Crippen molar-refractivity contribution in [3.8, 4) is 5.75 Å². The van der Waals surface area contributed by atoms with Crippen LogP contribution in [-0.4, -0.2) is 115 Å². The number of anilines is 1. The van der Waals surface area contributed by atoms with Crippen molar-refractivity contribution in [3.63, 3.8) is 0 Å². The number of amides is 3. The number of nitrogens with zero attached hydrogens (tertiary/aromatic N) is 7. The number of esters is 1. The van der Waals surface area contributed by atoms with Crippen molar-refractivity contribution >= 4 is 69.2 Å². The van der Waals surface area contributed by atoms with Crippen LogP contribution in [0.25, 0.3) is 11.2 Å². The summed E-state index contributed by atoms with van der Waals surface area (Å²) in [5.41, 5.74) is 1.98. The average Bonchev–Trinajstić information content (AvgIpc) is 3.82. The highest BCUT2D eigenvalue weighted by molar-refractivity contribution is 8.00. The lowest BCUT2D eigenvalue weighted by molar-refractivity contribution is -0.665. The normalized spacial score (nSPS) is 16.7. The SMILES string of the molecule is CCO/N=C(\C(=O)NC1C(=O)N2C(C(=O)OCc3ccc(OC)cc3)=C(C[n+]3cn(CCCNCCO)c4cccnc43)CSC12)c1nsc(NC(=O)OC(C)(C)C)n1. The fraction of sp³-hybridized carbons (Fsp3) is 0.447. The fourth-order valence-corrected chi connectivity index (χ4v) is 8.10. The van der Waals surface area contributed by atoms with Crippen molar-refractivity contribution < 1.29 is 47.9 Å². The van der Waals surface area contributed by atoms with Gasteiger partial charge in [-0.3, -0.25) is 24.4 Å². The predicted molar refractivity (Wildman–Crippen MR) is 217 cm³/mol. The third-order valence-corrected chi connectivity index (χ3v) is 10.8. The number of rotatable bonds is 18. The van der Waals surface area contributed by atoms with Crippen molar-refractivity contribution in [2.45, 2.75) is 70.8 Å². The number of aliphatic hydroxyl groups is 1. The number of ether oxygens (including phenoxy) is 3. The summed E-state index contributed by atoms with van der Waals surface area (Å²) in [6.07, 6.45) is 3.69.